The monoisotopic (exact) mass is 538 g/mol. The number of benzene rings is 3. The first-order valence-corrected chi connectivity index (χ1v) is 14.0. The van der Waals surface area contributed by atoms with Crippen LogP contribution in [-0.4, -0.2) is 36.2 Å². The highest BCUT2D eigenvalue weighted by molar-refractivity contribution is 7.99. The number of thioether (sulfide) groups is 1. The van der Waals surface area contributed by atoms with Crippen molar-refractivity contribution in [3.05, 3.63) is 88.7 Å². The zero-order valence-corrected chi connectivity index (χ0v) is 21.7. The molecule has 3 N–H and O–H groups in total. The van der Waals surface area contributed by atoms with Crippen LogP contribution in [0.4, 0.5) is 5.69 Å². The SMILES string of the molecule is CCOc1ccc(NC(=O)CSc2nc3ccccc3c(=O)n2CCc2ccc(S(N)(=O)=O)cc2)cc1. The summed E-state index contributed by atoms with van der Waals surface area (Å²) in [5.41, 5.74) is 1.81. The Bertz CT molecular complexity index is 1570. The second-order valence-electron chi connectivity index (χ2n) is 8.10. The molecular weight excluding hydrogens is 512 g/mol. The van der Waals surface area contributed by atoms with Gasteiger partial charge >= 0.3 is 0 Å². The Hall–Kier alpha value is -3.67. The van der Waals surface area contributed by atoms with Crippen LogP contribution >= 0.6 is 11.8 Å². The largest absolute Gasteiger partial charge is 0.494 e. The Morgan fingerprint density at radius 2 is 1.76 bits per heavy atom. The summed E-state index contributed by atoms with van der Waals surface area (Å²) in [4.78, 5) is 30.6. The second-order valence-corrected chi connectivity index (χ2v) is 10.6. The molecule has 1 amide bonds. The van der Waals surface area contributed by atoms with E-state index in [1.807, 2.05) is 6.92 Å². The van der Waals surface area contributed by atoms with Crippen molar-refractivity contribution >= 4 is 44.3 Å². The van der Waals surface area contributed by atoms with Crippen molar-refractivity contribution in [2.45, 2.75) is 29.9 Å². The number of nitrogens with zero attached hydrogens (tertiary/aromatic N) is 2. The number of carbonyl (C=O) groups is 1. The van der Waals surface area contributed by atoms with E-state index in [4.69, 9.17) is 9.88 Å². The maximum absolute atomic E-state index is 13.3. The van der Waals surface area contributed by atoms with Crippen molar-refractivity contribution in [1.82, 2.24) is 9.55 Å². The van der Waals surface area contributed by atoms with Gasteiger partial charge in [0.2, 0.25) is 15.9 Å². The number of sulfonamides is 1. The van der Waals surface area contributed by atoms with E-state index in [0.717, 1.165) is 11.3 Å². The number of nitrogens with two attached hydrogens (primary N) is 1. The first kappa shape index (κ1) is 26.4. The molecule has 4 rings (SSSR count). The molecule has 0 spiro atoms. The Morgan fingerprint density at radius 1 is 1.05 bits per heavy atom. The number of rotatable bonds is 10. The molecule has 0 aliphatic heterocycles. The van der Waals surface area contributed by atoms with Crippen LogP contribution in [0.25, 0.3) is 10.9 Å². The molecule has 4 aromatic rings. The number of nitrogens with one attached hydrogen (secondary N) is 1. The van der Waals surface area contributed by atoms with Gasteiger partial charge < -0.3 is 10.1 Å². The minimum Gasteiger partial charge on any atom is -0.494 e. The number of aromatic nitrogens is 2. The molecule has 0 aliphatic carbocycles. The van der Waals surface area contributed by atoms with Gasteiger partial charge in [-0.15, -0.1) is 0 Å². The molecule has 0 bridgehead atoms. The number of amides is 1. The van der Waals surface area contributed by atoms with Gasteiger partial charge in [-0.3, -0.25) is 14.2 Å². The lowest BCUT2D eigenvalue weighted by molar-refractivity contribution is -0.113. The predicted octanol–water partition coefficient (Wildman–Crippen LogP) is 3.42. The lowest BCUT2D eigenvalue weighted by Crippen LogP contribution is -2.25. The van der Waals surface area contributed by atoms with Gasteiger partial charge in [0.15, 0.2) is 5.16 Å². The highest BCUT2D eigenvalue weighted by Gasteiger charge is 2.14. The lowest BCUT2D eigenvalue weighted by Gasteiger charge is -2.13. The van der Waals surface area contributed by atoms with E-state index in [9.17, 15) is 18.0 Å². The summed E-state index contributed by atoms with van der Waals surface area (Å²) in [6.45, 7) is 2.76. The fraction of sp³-hybridized carbons (Fsp3) is 0.192. The number of hydrogen-bond donors (Lipinski definition) is 2. The Morgan fingerprint density at radius 3 is 2.43 bits per heavy atom. The molecule has 0 fully saturated rings. The van der Waals surface area contributed by atoms with Gasteiger partial charge in [0, 0.05) is 12.2 Å². The molecule has 0 saturated carbocycles. The van der Waals surface area contributed by atoms with Crippen molar-refractivity contribution in [2.75, 3.05) is 17.7 Å². The van der Waals surface area contributed by atoms with Crippen molar-refractivity contribution in [2.24, 2.45) is 5.14 Å². The Balaban J connectivity index is 1.51. The van der Waals surface area contributed by atoms with Crippen molar-refractivity contribution in [3.8, 4) is 5.75 Å². The number of fused-ring (bicyclic) bond motifs is 1. The van der Waals surface area contributed by atoms with Gasteiger partial charge in [-0.1, -0.05) is 36.0 Å². The smallest absolute Gasteiger partial charge is 0.262 e. The molecule has 0 atom stereocenters. The third-order valence-electron chi connectivity index (χ3n) is 5.48. The van der Waals surface area contributed by atoms with Crippen LogP contribution in [0.5, 0.6) is 5.75 Å². The minimum absolute atomic E-state index is 0.0237. The number of anilines is 1. The van der Waals surface area contributed by atoms with Crippen molar-refractivity contribution in [1.29, 1.82) is 0 Å². The van der Waals surface area contributed by atoms with Crippen LogP contribution in [0, 0.1) is 0 Å². The summed E-state index contributed by atoms with van der Waals surface area (Å²) < 4.78 is 30.0. The average molecular weight is 539 g/mol. The normalized spacial score (nSPS) is 11.4. The fourth-order valence-corrected chi connectivity index (χ4v) is 5.01. The van der Waals surface area contributed by atoms with E-state index >= 15 is 0 Å². The third kappa shape index (κ3) is 6.76. The summed E-state index contributed by atoms with van der Waals surface area (Å²) in [6.07, 6.45) is 0.455. The molecule has 192 valence electrons. The summed E-state index contributed by atoms with van der Waals surface area (Å²) in [5, 5.41) is 8.91. The molecule has 1 aromatic heterocycles. The van der Waals surface area contributed by atoms with E-state index in [2.05, 4.69) is 10.3 Å². The van der Waals surface area contributed by atoms with Gasteiger partial charge in [0.1, 0.15) is 5.75 Å². The molecular formula is C26H26N4O5S2. The molecule has 0 unspecified atom stereocenters. The maximum atomic E-state index is 13.3. The molecule has 0 radical (unpaired) electrons. The summed E-state index contributed by atoms with van der Waals surface area (Å²) in [7, 11) is -3.78. The predicted molar refractivity (Wildman–Crippen MR) is 144 cm³/mol. The van der Waals surface area contributed by atoms with Gasteiger partial charge in [-0.2, -0.15) is 0 Å². The lowest BCUT2D eigenvalue weighted by atomic mass is 10.1. The van der Waals surface area contributed by atoms with Crippen LogP contribution in [0.15, 0.2) is 87.6 Å². The van der Waals surface area contributed by atoms with Crippen LogP contribution in [0.1, 0.15) is 12.5 Å². The van der Waals surface area contributed by atoms with Crippen molar-refractivity contribution in [3.63, 3.8) is 0 Å². The third-order valence-corrected chi connectivity index (χ3v) is 7.39. The minimum atomic E-state index is -3.78. The second kappa shape index (κ2) is 11.6. The molecule has 1 heterocycles. The fourth-order valence-electron chi connectivity index (χ4n) is 3.67. The zero-order chi connectivity index (χ0) is 26.4. The van der Waals surface area contributed by atoms with E-state index in [-0.39, 0.29) is 22.1 Å². The van der Waals surface area contributed by atoms with Gasteiger partial charge in [0.25, 0.3) is 5.56 Å². The first-order chi connectivity index (χ1) is 17.7. The highest BCUT2D eigenvalue weighted by atomic mass is 32.2. The summed E-state index contributed by atoms with van der Waals surface area (Å²) in [5.74, 6) is 0.543. The zero-order valence-electron chi connectivity index (χ0n) is 20.1. The number of para-hydroxylation sites is 1. The van der Waals surface area contributed by atoms with Crippen LogP contribution in [-0.2, 0) is 27.8 Å². The van der Waals surface area contributed by atoms with E-state index < -0.39 is 10.0 Å². The number of carbonyl (C=O) groups excluding carboxylic acids is 1. The maximum Gasteiger partial charge on any atom is 0.262 e. The van der Waals surface area contributed by atoms with Crippen molar-refractivity contribution < 1.29 is 17.9 Å². The molecule has 0 saturated heterocycles. The summed E-state index contributed by atoms with van der Waals surface area (Å²) in [6, 6.07) is 20.4. The number of ether oxygens (including phenoxy) is 1. The quantitative estimate of drug-likeness (QED) is 0.233. The highest BCUT2D eigenvalue weighted by Crippen LogP contribution is 2.20. The first-order valence-electron chi connectivity index (χ1n) is 11.5. The molecule has 37 heavy (non-hydrogen) atoms. The van der Waals surface area contributed by atoms with E-state index in [1.54, 1.807) is 65.2 Å². The Labute approximate surface area is 218 Å². The molecule has 3 aromatic carbocycles. The standard InChI is InChI=1S/C26H26N4O5S2/c1-2-35-20-11-9-19(10-12-20)28-24(31)17-36-26-29-23-6-4-3-5-22(23)25(32)30(26)16-15-18-7-13-21(14-8-18)37(27,33)34/h3-14H,2,15-17H2,1H3,(H,28,31)(H2,27,33,34). The Kier molecular flexibility index (Phi) is 8.27. The van der Waals surface area contributed by atoms with Gasteiger partial charge in [0.05, 0.1) is 28.2 Å². The van der Waals surface area contributed by atoms with Crippen LogP contribution in [0.2, 0.25) is 0 Å². The van der Waals surface area contributed by atoms with Gasteiger partial charge in [-0.25, -0.2) is 18.5 Å². The van der Waals surface area contributed by atoms with E-state index in [0.29, 0.717) is 41.3 Å². The molecule has 0 aliphatic rings. The number of primary sulfonamides is 1. The number of aryl methyl sites for hydroxylation is 1. The topological polar surface area (TPSA) is 133 Å². The van der Waals surface area contributed by atoms with E-state index in [1.165, 1.54) is 23.9 Å². The number of hydrogen-bond acceptors (Lipinski definition) is 7. The average Bonchev–Trinajstić information content (AvgIpc) is 2.88. The molecule has 9 nitrogen and oxygen atoms in total. The van der Waals surface area contributed by atoms with Gasteiger partial charge in [-0.05, 0) is 67.4 Å². The van der Waals surface area contributed by atoms with Crippen LogP contribution in [0.3, 0.4) is 0 Å². The summed E-state index contributed by atoms with van der Waals surface area (Å²) >= 11 is 1.17. The van der Waals surface area contributed by atoms with Crippen LogP contribution < -0.4 is 20.8 Å². The molecule has 11 heteroatoms.